The van der Waals surface area contributed by atoms with Crippen molar-refractivity contribution < 1.29 is 9.84 Å². The highest BCUT2D eigenvalue weighted by atomic mass is 35.5. The average molecular weight is 334 g/mol. The Hall–Kier alpha value is -0.480. The Kier molecular flexibility index (Phi) is 9.09. The molecule has 0 aliphatic carbocycles. The van der Waals surface area contributed by atoms with Gasteiger partial charge in [-0.25, -0.2) is 0 Å². The van der Waals surface area contributed by atoms with Gasteiger partial charge in [0.15, 0.2) is 0 Å². The lowest BCUT2D eigenvalue weighted by molar-refractivity contribution is 0.0417. The molecule has 0 bridgehead atoms. The van der Waals surface area contributed by atoms with Crippen LogP contribution in [0.25, 0.3) is 0 Å². The van der Waals surface area contributed by atoms with E-state index in [1.165, 1.54) is 19.3 Å². The molecule has 0 saturated carbocycles. The largest absolute Gasteiger partial charge is 0.389 e. The Morgan fingerprint density at radius 3 is 2.67 bits per heavy atom. The van der Waals surface area contributed by atoms with Gasteiger partial charge in [0.05, 0.1) is 23.4 Å². The van der Waals surface area contributed by atoms with Gasteiger partial charge in [-0.15, -0.1) is 0 Å². The van der Waals surface area contributed by atoms with Crippen LogP contribution in [0.3, 0.4) is 0 Å². The molecule has 1 aromatic carbocycles. The summed E-state index contributed by atoms with van der Waals surface area (Å²) in [6, 6.07) is 3.58. The normalized spacial score (nSPS) is 12.4. The van der Waals surface area contributed by atoms with E-state index in [-0.39, 0.29) is 0 Å². The topological polar surface area (TPSA) is 41.5 Å². The molecule has 0 heterocycles. The van der Waals surface area contributed by atoms with Crippen LogP contribution in [0.5, 0.6) is 0 Å². The quantitative estimate of drug-likeness (QED) is 0.611. The zero-order valence-electron chi connectivity index (χ0n) is 12.8. The zero-order valence-corrected chi connectivity index (χ0v) is 14.3. The van der Waals surface area contributed by atoms with Gasteiger partial charge in [-0.1, -0.05) is 49.4 Å². The zero-order chi connectivity index (χ0) is 15.7. The van der Waals surface area contributed by atoms with Gasteiger partial charge in [0, 0.05) is 18.2 Å². The summed E-state index contributed by atoms with van der Waals surface area (Å²) in [7, 11) is 0. The number of aliphatic hydroxyl groups excluding tert-OH is 1. The summed E-state index contributed by atoms with van der Waals surface area (Å²) < 4.78 is 5.45. The molecule has 1 atom stereocenters. The summed E-state index contributed by atoms with van der Waals surface area (Å²) in [6.07, 6.45) is 4.12. The van der Waals surface area contributed by atoms with Crippen LogP contribution < -0.4 is 5.32 Å². The van der Waals surface area contributed by atoms with E-state index in [4.69, 9.17) is 27.9 Å². The molecule has 0 aliphatic rings. The average Bonchev–Trinajstić information content (AvgIpc) is 2.45. The molecule has 1 aromatic rings. The summed E-state index contributed by atoms with van der Waals surface area (Å²) in [4.78, 5) is 0. The smallest absolute Gasteiger partial charge is 0.0945 e. The van der Waals surface area contributed by atoms with Crippen LogP contribution in [0.15, 0.2) is 12.1 Å². The first-order chi connectivity index (χ1) is 10.0. The first-order valence-corrected chi connectivity index (χ1v) is 8.25. The van der Waals surface area contributed by atoms with Gasteiger partial charge in [0.1, 0.15) is 0 Å². The van der Waals surface area contributed by atoms with Crippen LogP contribution in [0, 0.1) is 6.92 Å². The fraction of sp³-hybridized carbons (Fsp3) is 0.625. The van der Waals surface area contributed by atoms with E-state index >= 15 is 0 Å². The molecular weight excluding hydrogens is 309 g/mol. The highest BCUT2D eigenvalue weighted by Crippen LogP contribution is 2.28. The number of ether oxygens (including phenoxy) is 1. The monoisotopic (exact) mass is 333 g/mol. The number of nitrogens with one attached hydrogen (secondary N) is 1. The molecule has 0 radical (unpaired) electrons. The highest BCUT2D eigenvalue weighted by molar-refractivity contribution is 6.35. The van der Waals surface area contributed by atoms with Crippen LogP contribution in [0.1, 0.15) is 38.2 Å². The Morgan fingerprint density at radius 2 is 1.95 bits per heavy atom. The second-order valence-corrected chi connectivity index (χ2v) is 6.07. The molecular formula is C16H25Cl2NO2. The molecule has 21 heavy (non-hydrogen) atoms. The van der Waals surface area contributed by atoms with E-state index in [0.717, 1.165) is 17.7 Å². The molecule has 3 nitrogen and oxygen atoms in total. The van der Waals surface area contributed by atoms with Crippen molar-refractivity contribution in [2.75, 3.05) is 25.1 Å². The van der Waals surface area contributed by atoms with Gasteiger partial charge < -0.3 is 15.2 Å². The molecule has 0 aliphatic heterocycles. The minimum absolute atomic E-state index is 0.330. The fourth-order valence-electron chi connectivity index (χ4n) is 1.92. The van der Waals surface area contributed by atoms with Crippen molar-refractivity contribution in [3.63, 3.8) is 0 Å². The van der Waals surface area contributed by atoms with Crippen molar-refractivity contribution in [3.05, 3.63) is 27.7 Å². The molecule has 1 unspecified atom stereocenters. The molecule has 1 rings (SSSR count). The van der Waals surface area contributed by atoms with E-state index in [1.807, 2.05) is 13.0 Å². The minimum atomic E-state index is -0.563. The SMILES string of the molecule is CCCCCCOCC(O)CNc1cc(Cl)c(C)cc1Cl. The number of rotatable bonds is 10. The van der Waals surface area contributed by atoms with E-state index in [2.05, 4.69) is 12.2 Å². The molecule has 0 fully saturated rings. The standard InChI is InChI=1S/C16H25Cl2NO2/c1-3-4-5-6-7-21-11-13(20)10-19-16-9-14(17)12(2)8-15(16)18/h8-9,13,19-20H,3-7,10-11H2,1-2H3. The van der Waals surface area contributed by atoms with Gasteiger partial charge in [0.25, 0.3) is 0 Å². The summed E-state index contributed by atoms with van der Waals surface area (Å²) in [6.45, 7) is 5.50. The summed E-state index contributed by atoms with van der Waals surface area (Å²) >= 11 is 12.2. The number of hydrogen-bond acceptors (Lipinski definition) is 3. The molecule has 0 aromatic heterocycles. The maximum atomic E-state index is 9.86. The molecule has 120 valence electrons. The second-order valence-electron chi connectivity index (χ2n) is 5.25. The minimum Gasteiger partial charge on any atom is -0.389 e. The number of aliphatic hydroxyl groups is 1. The van der Waals surface area contributed by atoms with Crippen LogP contribution in [-0.2, 0) is 4.74 Å². The maximum Gasteiger partial charge on any atom is 0.0945 e. The molecule has 5 heteroatoms. The lowest BCUT2D eigenvalue weighted by Crippen LogP contribution is -2.25. The van der Waals surface area contributed by atoms with Crippen molar-refractivity contribution >= 4 is 28.9 Å². The van der Waals surface area contributed by atoms with Gasteiger partial charge in [0.2, 0.25) is 0 Å². The van der Waals surface area contributed by atoms with E-state index < -0.39 is 6.10 Å². The van der Waals surface area contributed by atoms with Crippen molar-refractivity contribution in [1.29, 1.82) is 0 Å². The van der Waals surface area contributed by atoms with Gasteiger partial charge in [-0.05, 0) is 31.0 Å². The maximum absolute atomic E-state index is 9.86. The molecule has 2 N–H and O–H groups in total. The highest BCUT2D eigenvalue weighted by Gasteiger charge is 2.08. The van der Waals surface area contributed by atoms with E-state index in [9.17, 15) is 5.11 Å². The molecule has 0 spiro atoms. The van der Waals surface area contributed by atoms with Crippen LogP contribution in [0.2, 0.25) is 10.0 Å². The van der Waals surface area contributed by atoms with E-state index in [0.29, 0.717) is 29.8 Å². The summed E-state index contributed by atoms with van der Waals surface area (Å²) in [5, 5.41) is 14.2. The number of benzene rings is 1. The number of unbranched alkanes of at least 4 members (excludes halogenated alkanes) is 3. The van der Waals surface area contributed by atoms with Crippen LogP contribution in [0.4, 0.5) is 5.69 Å². The predicted octanol–water partition coefficient (Wildman–Crippen LogP) is 4.67. The predicted molar refractivity (Wildman–Crippen MR) is 90.7 cm³/mol. The third kappa shape index (κ3) is 7.37. The number of halogens is 2. The van der Waals surface area contributed by atoms with Gasteiger partial charge in [-0.3, -0.25) is 0 Å². The Labute approximate surface area is 137 Å². The molecule has 0 saturated heterocycles. The van der Waals surface area contributed by atoms with Crippen LogP contribution in [-0.4, -0.2) is 31.0 Å². The number of anilines is 1. The lowest BCUT2D eigenvalue weighted by atomic mass is 10.2. The van der Waals surface area contributed by atoms with Crippen LogP contribution >= 0.6 is 23.2 Å². The van der Waals surface area contributed by atoms with E-state index in [1.54, 1.807) is 6.07 Å². The van der Waals surface area contributed by atoms with Crippen molar-refractivity contribution in [2.24, 2.45) is 0 Å². The van der Waals surface area contributed by atoms with Crippen molar-refractivity contribution in [1.82, 2.24) is 0 Å². The molecule has 0 amide bonds. The van der Waals surface area contributed by atoms with Crippen molar-refractivity contribution in [3.8, 4) is 0 Å². The third-order valence-corrected chi connectivity index (χ3v) is 3.95. The fourth-order valence-corrected chi connectivity index (χ4v) is 2.37. The Morgan fingerprint density at radius 1 is 1.19 bits per heavy atom. The Balaban J connectivity index is 2.24. The number of hydrogen-bond donors (Lipinski definition) is 2. The van der Waals surface area contributed by atoms with Gasteiger partial charge in [-0.2, -0.15) is 0 Å². The third-order valence-electron chi connectivity index (χ3n) is 3.23. The first kappa shape index (κ1) is 18.6. The second kappa shape index (κ2) is 10.3. The summed E-state index contributed by atoms with van der Waals surface area (Å²) in [5.74, 6) is 0. The van der Waals surface area contributed by atoms with Crippen molar-refractivity contribution in [2.45, 2.75) is 45.6 Å². The lowest BCUT2D eigenvalue weighted by Gasteiger charge is -2.15. The first-order valence-electron chi connectivity index (χ1n) is 7.50. The summed E-state index contributed by atoms with van der Waals surface area (Å²) in [5.41, 5.74) is 1.66. The van der Waals surface area contributed by atoms with Gasteiger partial charge >= 0.3 is 0 Å². The number of aryl methyl sites for hydroxylation is 1. The Bertz CT molecular complexity index is 427.